The van der Waals surface area contributed by atoms with Crippen LogP contribution in [0.15, 0.2) is 59.6 Å². The number of hydrogen-bond donors (Lipinski definition) is 0. The van der Waals surface area contributed by atoms with E-state index in [1.54, 1.807) is 4.90 Å². The number of rotatable bonds is 4. The molecule has 150 valence electrons. The maximum absolute atomic E-state index is 13.3. The van der Waals surface area contributed by atoms with Crippen LogP contribution in [0.1, 0.15) is 16.4 Å². The van der Waals surface area contributed by atoms with E-state index in [1.807, 2.05) is 66.4 Å². The molecule has 2 aromatic rings. The van der Waals surface area contributed by atoms with Crippen molar-refractivity contribution in [3.8, 4) is 0 Å². The zero-order chi connectivity index (χ0) is 20.2. The van der Waals surface area contributed by atoms with Crippen molar-refractivity contribution >= 4 is 34.4 Å². The van der Waals surface area contributed by atoms with Crippen LogP contribution >= 0.6 is 11.8 Å². The highest BCUT2D eigenvalue weighted by Gasteiger charge is 2.34. The number of morpholine rings is 1. The Morgan fingerprint density at radius 1 is 1.07 bits per heavy atom. The van der Waals surface area contributed by atoms with E-state index in [0.717, 1.165) is 16.8 Å². The number of ether oxygens (including phenoxy) is 1. The van der Waals surface area contributed by atoms with Gasteiger partial charge in [-0.3, -0.25) is 19.5 Å². The third-order valence-electron chi connectivity index (χ3n) is 4.96. The van der Waals surface area contributed by atoms with Crippen molar-refractivity contribution < 1.29 is 14.3 Å². The van der Waals surface area contributed by atoms with Crippen molar-refractivity contribution in [1.82, 2.24) is 4.90 Å². The van der Waals surface area contributed by atoms with Crippen LogP contribution in [0.3, 0.4) is 0 Å². The predicted octanol–water partition coefficient (Wildman–Crippen LogP) is 3.03. The van der Waals surface area contributed by atoms with Crippen LogP contribution in [0.25, 0.3) is 0 Å². The summed E-state index contributed by atoms with van der Waals surface area (Å²) >= 11 is 1.34. The van der Waals surface area contributed by atoms with Crippen molar-refractivity contribution in [3.05, 3.63) is 65.7 Å². The first kappa shape index (κ1) is 19.7. The molecule has 6 nitrogen and oxygen atoms in total. The van der Waals surface area contributed by atoms with Crippen LogP contribution in [0.5, 0.6) is 0 Å². The maximum atomic E-state index is 13.3. The minimum atomic E-state index is -0.466. The molecule has 2 amide bonds. The molecule has 1 fully saturated rings. The predicted molar refractivity (Wildman–Crippen MR) is 115 cm³/mol. The Hall–Kier alpha value is -2.64. The molecule has 29 heavy (non-hydrogen) atoms. The summed E-state index contributed by atoms with van der Waals surface area (Å²) < 4.78 is 5.39. The average Bonchev–Trinajstić information content (AvgIpc) is 3.13. The molecule has 4 rings (SSSR count). The second-order valence-electron chi connectivity index (χ2n) is 7.01. The number of carbonyl (C=O) groups excluding carboxylic acids is 2. The van der Waals surface area contributed by atoms with E-state index >= 15 is 0 Å². The van der Waals surface area contributed by atoms with Crippen LogP contribution in [-0.4, -0.2) is 54.7 Å². The number of aliphatic imine (C=N–C) groups is 1. The molecule has 0 saturated carbocycles. The maximum Gasteiger partial charge on any atom is 0.254 e. The first-order chi connectivity index (χ1) is 14.1. The molecule has 2 aliphatic rings. The number of carbonyl (C=O) groups is 2. The highest BCUT2D eigenvalue weighted by Crippen LogP contribution is 2.36. The van der Waals surface area contributed by atoms with Gasteiger partial charge in [0.15, 0.2) is 5.17 Å². The molecular weight excluding hydrogens is 386 g/mol. The number of nitrogens with zero attached hydrogens (tertiary/aromatic N) is 3. The molecule has 7 heteroatoms. The lowest BCUT2D eigenvalue weighted by atomic mass is 10.1. The topological polar surface area (TPSA) is 62.2 Å². The summed E-state index contributed by atoms with van der Waals surface area (Å²) in [5.74, 6) is -0.0580. The van der Waals surface area contributed by atoms with E-state index in [-0.39, 0.29) is 18.4 Å². The monoisotopic (exact) mass is 409 g/mol. The lowest BCUT2D eigenvalue weighted by Gasteiger charge is -2.31. The van der Waals surface area contributed by atoms with Crippen LogP contribution in [-0.2, 0) is 14.3 Å². The SMILES string of the molecule is Cc1ccc(N2C(=O)CN=C2S[C@@H](C(=O)N2CCOCC2)c2ccccc2)cc1. The van der Waals surface area contributed by atoms with Crippen LogP contribution in [0.4, 0.5) is 5.69 Å². The first-order valence-electron chi connectivity index (χ1n) is 9.66. The Balaban J connectivity index is 1.62. The lowest BCUT2D eigenvalue weighted by Crippen LogP contribution is -2.43. The number of amidine groups is 1. The van der Waals surface area contributed by atoms with Gasteiger partial charge in [0, 0.05) is 13.1 Å². The van der Waals surface area contributed by atoms with Gasteiger partial charge in [0.1, 0.15) is 11.8 Å². The largest absolute Gasteiger partial charge is 0.378 e. The number of amides is 2. The van der Waals surface area contributed by atoms with Gasteiger partial charge in [-0.15, -0.1) is 0 Å². The Morgan fingerprint density at radius 3 is 2.45 bits per heavy atom. The van der Waals surface area contributed by atoms with E-state index in [4.69, 9.17) is 4.74 Å². The van der Waals surface area contributed by atoms with E-state index in [1.165, 1.54) is 11.8 Å². The van der Waals surface area contributed by atoms with Gasteiger partial charge in [0.05, 0.1) is 18.9 Å². The van der Waals surface area contributed by atoms with E-state index < -0.39 is 5.25 Å². The molecule has 2 heterocycles. The zero-order valence-corrected chi connectivity index (χ0v) is 17.1. The fourth-order valence-electron chi connectivity index (χ4n) is 3.37. The molecule has 1 atom stereocenters. The molecular formula is C22H23N3O3S. The van der Waals surface area contributed by atoms with Gasteiger partial charge in [-0.05, 0) is 24.6 Å². The summed E-state index contributed by atoms with van der Waals surface area (Å²) in [5.41, 5.74) is 2.80. The second-order valence-corrected chi connectivity index (χ2v) is 8.08. The molecule has 0 spiro atoms. The molecule has 0 aromatic heterocycles. The first-order valence-corrected chi connectivity index (χ1v) is 10.5. The van der Waals surface area contributed by atoms with Gasteiger partial charge in [-0.1, -0.05) is 59.8 Å². The normalized spacial score (nSPS) is 18.0. The number of benzene rings is 2. The fourth-order valence-corrected chi connectivity index (χ4v) is 4.57. The molecule has 0 radical (unpaired) electrons. The summed E-state index contributed by atoms with van der Waals surface area (Å²) in [4.78, 5) is 33.8. The number of thioether (sulfide) groups is 1. The van der Waals surface area contributed by atoms with Gasteiger partial charge < -0.3 is 9.64 Å². The van der Waals surface area contributed by atoms with Crippen molar-refractivity contribution in [2.75, 3.05) is 37.7 Å². The zero-order valence-electron chi connectivity index (χ0n) is 16.3. The Labute approximate surface area is 174 Å². The van der Waals surface area contributed by atoms with Crippen molar-refractivity contribution in [2.24, 2.45) is 4.99 Å². The van der Waals surface area contributed by atoms with Gasteiger partial charge in [-0.2, -0.15) is 0 Å². The highest BCUT2D eigenvalue weighted by molar-refractivity contribution is 8.15. The summed E-state index contributed by atoms with van der Waals surface area (Å²) in [7, 11) is 0. The Morgan fingerprint density at radius 2 is 1.76 bits per heavy atom. The molecule has 2 aliphatic heterocycles. The smallest absolute Gasteiger partial charge is 0.254 e. The van der Waals surface area contributed by atoms with Gasteiger partial charge in [-0.25, -0.2) is 0 Å². The van der Waals surface area contributed by atoms with Crippen LogP contribution in [0, 0.1) is 6.92 Å². The molecule has 0 aliphatic carbocycles. The van der Waals surface area contributed by atoms with Crippen molar-refractivity contribution in [3.63, 3.8) is 0 Å². The van der Waals surface area contributed by atoms with Crippen molar-refractivity contribution in [1.29, 1.82) is 0 Å². The van der Waals surface area contributed by atoms with Gasteiger partial charge in [0.2, 0.25) is 5.91 Å². The van der Waals surface area contributed by atoms with Gasteiger partial charge >= 0.3 is 0 Å². The van der Waals surface area contributed by atoms with E-state index in [2.05, 4.69) is 4.99 Å². The quantitative estimate of drug-likeness (QED) is 0.779. The summed E-state index contributed by atoms with van der Waals surface area (Å²) in [6.07, 6.45) is 0. The molecule has 0 bridgehead atoms. The number of aryl methyl sites for hydroxylation is 1. The molecule has 1 saturated heterocycles. The van der Waals surface area contributed by atoms with E-state index in [0.29, 0.717) is 31.5 Å². The standard InChI is InChI=1S/C22H23N3O3S/c1-16-7-9-18(10-8-16)25-19(26)15-23-22(25)29-20(17-5-3-2-4-6-17)21(27)24-11-13-28-14-12-24/h2-10,20H,11-15H2,1H3/t20-/m1/s1. The fraction of sp³-hybridized carbons (Fsp3) is 0.318. The van der Waals surface area contributed by atoms with Crippen LogP contribution in [0.2, 0.25) is 0 Å². The summed E-state index contributed by atoms with van der Waals surface area (Å²) in [5, 5.41) is 0.0983. The Bertz CT molecular complexity index is 909. The van der Waals surface area contributed by atoms with E-state index in [9.17, 15) is 9.59 Å². The third kappa shape index (κ3) is 4.36. The third-order valence-corrected chi connectivity index (χ3v) is 6.19. The summed E-state index contributed by atoms with van der Waals surface area (Å²) in [6.45, 7) is 4.36. The average molecular weight is 410 g/mol. The van der Waals surface area contributed by atoms with Crippen LogP contribution < -0.4 is 4.90 Å². The van der Waals surface area contributed by atoms with Crippen molar-refractivity contribution in [2.45, 2.75) is 12.2 Å². The number of hydrogen-bond acceptors (Lipinski definition) is 5. The highest BCUT2D eigenvalue weighted by atomic mass is 32.2. The lowest BCUT2D eigenvalue weighted by molar-refractivity contribution is -0.134. The molecule has 2 aromatic carbocycles. The molecule has 0 unspecified atom stereocenters. The Kier molecular flexibility index (Phi) is 5.97. The number of anilines is 1. The van der Waals surface area contributed by atoms with Gasteiger partial charge in [0.25, 0.3) is 5.91 Å². The second kappa shape index (κ2) is 8.80. The summed E-state index contributed by atoms with van der Waals surface area (Å²) in [6, 6.07) is 17.4. The minimum absolute atomic E-state index is 0.0235. The minimum Gasteiger partial charge on any atom is -0.378 e. The molecule has 0 N–H and O–H groups in total.